The maximum atomic E-state index is 13.0. The molecule has 4 rings (SSSR count). The Kier molecular flexibility index (Phi) is 8.49. The van der Waals surface area contributed by atoms with Gasteiger partial charge in [-0.15, -0.1) is 0 Å². The fourth-order valence-corrected chi connectivity index (χ4v) is 3.72. The molecule has 1 aromatic heterocycles. The van der Waals surface area contributed by atoms with Gasteiger partial charge in [-0.25, -0.2) is 0 Å². The SMILES string of the molecule is CCOc1cc(C(=O)NC(C)c2cccc(NC(=O)c3ccccc3)c2)ccc1OCc1ccncc1. The molecule has 1 atom stereocenters. The van der Waals surface area contributed by atoms with Crippen LogP contribution in [0.3, 0.4) is 0 Å². The molecule has 1 unspecified atom stereocenters. The van der Waals surface area contributed by atoms with Crippen molar-refractivity contribution in [2.75, 3.05) is 11.9 Å². The number of nitrogens with one attached hydrogen (secondary N) is 2. The van der Waals surface area contributed by atoms with Crippen LogP contribution >= 0.6 is 0 Å². The first-order valence-corrected chi connectivity index (χ1v) is 12.1. The van der Waals surface area contributed by atoms with Gasteiger partial charge in [0.25, 0.3) is 11.8 Å². The Morgan fingerprint density at radius 1 is 0.811 bits per heavy atom. The van der Waals surface area contributed by atoms with E-state index in [9.17, 15) is 9.59 Å². The minimum Gasteiger partial charge on any atom is -0.490 e. The largest absolute Gasteiger partial charge is 0.490 e. The van der Waals surface area contributed by atoms with E-state index in [1.54, 1.807) is 42.7 Å². The van der Waals surface area contributed by atoms with Crippen molar-refractivity contribution in [3.05, 3.63) is 120 Å². The molecule has 0 aliphatic heterocycles. The lowest BCUT2D eigenvalue weighted by atomic mass is 10.1. The number of benzene rings is 3. The van der Waals surface area contributed by atoms with Crippen LogP contribution in [0.2, 0.25) is 0 Å². The topological polar surface area (TPSA) is 89.6 Å². The third kappa shape index (κ3) is 6.95. The van der Waals surface area contributed by atoms with Crippen LogP contribution in [0.25, 0.3) is 0 Å². The van der Waals surface area contributed by atoms with Crippen LogP contribution < -0.4 is 20.1 Å². The highest BCUT2D eigenvalue weighted by Gasteiger charge is 2.16. The summed E-state index contributed by atoms with van der Waals surface area (Å²) in [6.07, 6.45) is 3.42. The number of carbonyl (C=O) groups excluding carboxylic acids is 2. The number of pyridine rings is 1. The second-order valence-electron chi connectivity index (χ2n) is 8.38. The predicted octanol–water partition coefficient (Wildman–Crippen LogP) is 5.80. The highest BCUT2D eigenvalue weighted by molar-refractivity contribution is 6.04. The standard InChI is InChI=1S/C30H29N3O4/c1-3-36-28-19-25(12-13-27(28)37-20-22-14-16-31-17-15-22)30(35)32-21(2)24-10-7-11-26(18-24)33-29(34)23-8-5-4-6-9-23/h4-19,21H,3,20H2,1-2H3,(H,32,35)(H,33,34). The van der Waals surface area contributed by atoms with Crippen LogP contribution in [-0.2, 0) is 6.61 Å². The lowest BCUT2D eigenvalue weighted by Gasteiger charge is -2.17. The molecule has 0 bridgehead atoms. The zero-order valence-corrected chi connectivity index (χ0v) is 20.8. The molecule has 4 aromatic rings. The van der Waals surface area contributed by atoms with Crippen LogP contribution in [-0.4, -0.2) is 23.4 Å². The van der Waals surface area contributed by atoms with E-state index < -0.39 is 0 Å². The number of amides is 2. The van der Waals surface area contributed by atoms with Crippen molar-refractivity contribution in [1.82, 2.24) is 10.3 Å². The molecule has 0 spiro atoms. The van der Waals surface area contributed by atoms with Gasteiger partial charge in [0.15, 0.2) is 11.5 Å². The average molecular weight is 496 g/mol. The molecule has 2 N–H and O–H groups in total. The summed E-state index contributed by atoms with van der Waals surface area (Å²) in [6, 6.07) is 25.1. The molecule has 188 valence electrons. The highest BCUT2D eigenvalue weighted by Crippen LogP contribution is 2.30. The quantitative estimate of drug-likeness (QED) is 0.290. The lowest BCUT2D eigenvalue weighted by Crippen LogP contribution is -2.26. The zero-order valence-electron chi connectivity index (χ0n) is 20.8. The molecule has 3 aromatic carbocycles. The molecule has 7 nitrogen and oxygen atoms in total. The molecule has 37 heavy (non-hydrogen) atoms. The Morgan fingerprint density at radius 2 is 1.59 bits per heavy atom. The van der Waals surface area contributed by atoms with E-state index in [4.69, 9.17) is 9.47 Å². The Morgan fingerprint density at radius 3 is 2.35 bits per heavy atom. The summed E-state index contributed by atoms with van der Waals surface area (Å²) >= 11 is 0. The first-order chi connectivity index (χ1) is 18.0. The Labute approximate surface area is 216 Å². The maximum Gasteiger partial charge on any atom is 0.255 e. The van der Waals surface area contributed by atoms with Crippen molar-refractivity contribution in [3.8, 4) is 11.5 Å². The van der Waals surface area contributed by atoms with Gasteiger partial charge in [-0.1, -0.05) is 30.3 Å². The van der Waals surface area contributed by atoms with Gasteiger partial charge in [-0.05, 0) is 79.6 Å². The minimum atomic E-state index is -0.292. The van der Waals surface area contributed by atoms with Crippen molar-refractivity contribution in [3.63, 3.8) is 0 Å². The monoisotopic (exact) mass is 495 g/mol. The number of aromatic nitrogens is 1. The Bertz CT molecular complexity index is 1340. The average Bonchev–Trinajstić information content (AvgIpc) is 2.93. The van der Waals surface area contributed by atoms with Gasteiger partial charge >= 0.3 is 0 Å². The smallest absolute Gasteiger partial charge is 0.255 e. The van der Waals surface area contributed by atoms with Crippen molar-refractivity contribution < 1.29 is 19.1 Å². The van der Waals surface area contributed by atoms with Gasteiger partial charge in [0.05, 0.1) is 12.6 Å². The van der Waals surface area contributed by atoms with Crippen molar-refractivity contribution >= 4 is 17.5 Å². The number of hydrogen-bond donors (Lipinski definition) is 2. The van der Waals surface area contributed by atoms with E-state index in [1.807, 2.05) is 68.4 Å². The number of anilines is 1. The van der Waals surface area contributed by atoms with Crippen LogP contribution in [0.15, 0.2) is 97.3 Å². The molecule has 0 aliphatic rings. The van der Waals surface area contributed by atoms with E-state index in [0.717, 1.165) is 11.1 Å². The fraction of sp³-hybridized carbons (Fsp3) is 0.167. The number of carbonyl (C=O) groups is 2. The first kappa shape index (κ1) is 25.4. The molecule has 0 saturated heterocycles. The molecule has 0 radical (unpaired) electrons. The Hall–Kier alpha value is -4.65. The molecular weight excluding hydrogens is 466 g/mol. The summed E-state index contributed by atoms with van der Waals surface area (Å²) in [5.74, 6) is 0.629. The normalized spacial score (nSPS) is 11.3. The lowest BCUT2D eigenvalue weighted by molar-refractivity contribution is 0.0938. The molecule has 0 saturated carbocycles. The molecule has 0 fully saturated rings. The van der Waals surface area contributed by atoms with Gasteiger partial charge in [-0.2, -0.15) is 0 Å². The maximum absolute atomic E-state index is 13.0. The predicted molar refractivity (Wildman–Crippen MR) is 143 cm³/mol. The minimum absolute atomic E-state index is 0.191. The molecular formula is C30H29N3O4. The number of rotatable bonds is 10. The van der Waals surface area contributed by atoms with E-state index in [-0.39, 0.29) is 17.9 Å². The van der Waals surface area contributed by atoms with Crippen LogP contribution in [0, 0.1) is 0 Å². The summed E-state index contributed by atoms with van der Waals surface area (Å²) in [5.41, 5.74) is 3.53. The third-order valence-electron chi connectivity index (χ3n) is 5.68. The van der Waals surface area contributed by atoms with Crippen LogP contribution in [0.4, 0.5) is 5.69 Å². The summed E-state index contributed by atoms with van der Waals surface area (Å²) in [7, 11) is 0. The number of nitrogens with zero attached hydrogens (tertiary/aromatic N) is 1. The van der Waals surface area contributed by atoms with E-state index in [0.29, 0.717) is 41.5 Å². The highest BCUT2D eigenvalue weighted by atomic mass is 16.5. The first-order valence-electron chi connectivity index (χ1n) is 12.1. The molecule has 7 heteroatoms. The van der Waals surface area contributed by atoms with Crippen LogP contribution in [0.1, 0.15) is 51.7 Å². The van der Waals surface area contributed by atoms with Gasteiger partial charge in [0.2, 0.25) is 0 Å². The summed E-state index contributed by atoms with van der Waals surface area (Å²) in [6.45, 7) is 4.58. The second-order valence-corrected chi connectivity index (χ2v) is 8.38. The van der Waals surface area contributed by atoms with Gasteiger partial charge in [0.1, 0.15) is 6.61 Å². The fourth-order valence-electron chi connectivity index (χ4n) is 3.72. The van der Waals surface area contributed by atoms with Gasteiger partial charge in [0, 0.05) is 29.2 Å². The van der Waals surface area contributed by atoms with Crippen molar-refractivity contribution in [2.45, 2.75) is 26.5 Å². The zero-order chi connectivity index (χ0) is 26.0. The van der Waals surface area contributed by atoms with Crippen LogP contribution in [0.5, 0.6) is 11.5 Å². The summed E-state index contributed by atoms with van der Waals surface area (Å²) in [4.78, 5) is 29.5. The Balaban J connectivity index is 1.42. The van der Waals surface area contributed by atoms with E-state index >= 15 is 0 Å². The second kappa shape index (κ2) is 12.4. The molecule has 0 aliphatic carbocycles. The summed E-state index contributed by atoms with van der Waals surface area (Å²) in [5, 5.41) is 5.92. The number of hydrogen-bond acceptors (Lipinski definition) is 5. The van der Waals surface area contributed by atoms with Crippen molar-refractivity contribution in [2.24, 2.45) is 0 Å². The third-order valence-corrected chi connectivity index (χ3v) is 5.68. The summed E-state index contributed by atoms with van der Waals surface area (Å²) < 4.78 is 11.7. The molecule has 1 heterocycles. The van der Waals surface area contributed by atoms with E-state index in [2.05, 4.69) is 15.6 Å². The van der Waals surface area contributed by atoms with Gasteiger partial charge < -0.3 is 20.1 Å². The molecule has 2 amide bonds. The van der Waals surface area contributed by atoms with Gasteiger partial charge in [-0.3, -0.25) is 14.6 Å². The van der Waals surface area contributed by atoms with E-state index in [1.165, 1.54) is 0 Å². The van der Waals surface area contributed by atoms with Crippen molar-refractivity contribution in [1.29, 1.82) is 0 Å². The number of ether oxygens (including phenoxy) is 2.